The number of rotatable bonds is 11. The van der Waals surface area contributed by atoms with Gasteiger partial charge in [0.05, 0.1) is 19.8 Å². The Morgan fingerprint density at radius 3 is 2.28 bits per heavy atom. The van der Waals surface area contributed by atoms with Crippen LogP contribution >= 0.6 is 7.74 Å². The van der Waals surface area contributed by atoms with Crippen molar-refractivity contribution in [2.45, 2.75) is 39.3 Å². The first-order valence-electron chi connectivity index (χ1n) is 8.18. The number of hydrogen-bond acceptors (Lipinski definition) is 6. The summed E-state index contributed by atoms with van der Waals surface area (Å²) in [5.74, 6) is 0. The third-order valence-electron chi connectivity index (χ3n) is 3.42. The van der Waals surface area contributed by atoms with E-state index in [0.29, 0.717) is 18.8 Å². The summed E-state index contributed by atoms with van der Waals surface area (Å²) >= 11 is 0. The average Bonchev–Trinajstić information content (AvgIpc) is 2.59. The van der Waals surface area contributed by atoms with Gasteiger partial charge in [0.25, 0.3) is 0 Å². The minimum atomic E-state index is -3.12. The molecule has 140 valence electrons. The minimum Gasteiger partial charge on any atom is -0.303 e. The highest BCUT2D eigenvalue weighted by atomic mass is 31.2. The van der Waals surface area contributed by atoms with Gasteiger partial charge in [0.2, 0.25) is 5.54 Å². The molecule has 0 aliphatic heterocycles. The predicted molar refractivity (Wildman–Crippen MR) is 99.0 cm³/mol. The van der Waals surface area contributed by atoms with Gasteiger partial charge in [0.15, 0.2) is 6.10 Å². The van der Waals surface area contributed by atoms with Gasteiger partial charge < -0.3 is 9.05 Å². The van der Waals surface area contributed by atoms with E-state index in [0.717, 1.165) is 0 Å². The first kappa shape index (κ1) is 21.5. The zero-order valence-corrected chi connectivity index (χ0v) is 16.1. The van der Waals surface area contributed by atoms with E-state index >= 15 is 0 Å². The summed E-state index contributed by atoms with van der Waals surface area (Å²) in [7, 11) is -3.12. The lowest BCUT2D eigenvalue weighted by molar-refractivity contribution is -0.573. The van der Waals surface area contributed by atoms with Gasteiger partial charge in [-0.2, -0.15) is 0 Å². The second-order valence-electron chi connectivity index (χ2n) is 5.72. The van der Waals surface area contributed by atoms with Gasteiger partial charge in [-0.1, -0.05) is 36.4 Å². The molecule has 0 aliphatic carbocycles. The lowest BCUT2D eigenvalue weighted by Gasteiger charge is -2.32. The highest BCUT2D eigenvalue weighted by Gasteiger charge is 2.46. The number of nitrogens with zero attached hydrogens (tertiary/aromatic N) is 2. The molecule has 1 unspecified atom stereocenters. The van der Waals surface area contributed by atoms with Crippen molar-refractivity contribution in [2.24, 2.45) is 4.74 Å². The molecule has 1 aromatic rings. The maximum Gasteiger partial charge on any atom is 0.356 e. The molecule has 0 heterocycles. The summed E-state index contributed by atoms with van der Waals surface area (Å²) in [6, 6.07) is 9.04. The second kappa shape index (κ2) is 9.82. The maximum absolute atomic E-state index is 11.7. The third-order valence-corrected chi connectivity index (χ3v) is 5.58. The summed E-state index contributed by atoms with van der Waals surface area (Å²) in [6.45, 7) is 11.2. The first-order valence-corrected chi connectivity index (χ1v) is 9.68. The molecule has 1 atom stereocenters. The van der Waals surface area contributed by atoms with Crippen LogP contribution in [0.25, 0.3) is 0 Å². The van der Waals surface area contributed by atoms with Crippen molar-refractivity contribution >= 4 is 7.74 Å². The Kier molecular flexibility index (Phi) is 8.45. The van der Waals surface area contributed by atoms with Crippen molar-refractivity contribution in [3.8, 4) is 0 Å². The number of hydrogen-bond donors (Lipinski definition) is 0. The Balaban J connectivity index is 3.41. The average molecular weight is 370 g/mol. The van der Waals surface area contributed by atoms with Gasteiger partial charge in [-0.25, -0.2) is 4.74 Å². The summed E-state index contributed by atoms with van der Waals surface area (Å²) in [6.07, 6.45) is 0.718. The molecule has 8 heteroatoms. The van der Waals surface area contributed by atoms with Crippen molar-refractivity contribution in [3.63, 3.8) is 0 Å². The Hall–Kier alpha value is -1.53. The monoisotopic (exact) mass is 370 g/mol. The van der Waals surface area contributed by atoms with Crippen LogP contribution in [0, 0.1) is 10.1 Å². The van der Waals surface area contributed by atoms with Crippen LogP contribution in [0.15, 0.2) is 47.7 Å². The summed E-state index contributed by atoms with van der Waals surface area (Å²) in [4.78, 5) is 11.3. The van der Waals surface area contributed by atoms with Crippen LogP contribution in [-0.2, 0) is 13.6 Å². The molecule has 0 aliphatic rings. The van der Waals surface area contributed by atoms with Crippen molar-refractivity contribution in [1.29, 1.82) is 0 Å². The maximum atomic E-state index is 11.7. The molecule has 7 nitrogen and oxygen atoms in total. The summed E-state index contributed by atoms with van der Waals surface area (Å²) < 4.78 is 22.0. The lowest BCUT2D eigenvalue weighted by atomic mass is 9.92. The van der Waals surface area contributed by atoms with Crippen molar-refractivity contribution in [2.75, 3.05) is 19.8 Å². The smallest absolute Gasteiger partial charge is 0.303 e. The summed E-state index contributed by atoms with van der Waals surface area (Å²) in [5, 5.41) is 11.7. The van der Waals surface area contributed by atoms with Gasteiger partial charge in [0.1, 0.15) is 0 Å². The number of benzene rings is 1. The Bertz CT molecular complexity index is 609. The van der Waals surface area contributed by atoms with Gasteiger partial charge >= 0.3 is 7.74 Å². The molecule has 1 aromatic carbocycles. The highest BCUT2D eigenvalue weighted by molar-refractivity contribution is 7.51. The van der Waals surface area contributed by atoms with Crippen molar-refractivity contribution < 1.29 is 18.5 Å². The van der Waals surface area contributed by atoms with Gasteiger partial charge in [-0.3, -0.25) is 14.6 Å². The first-order chi connectivity index (χ1) is 11.8. The zero-order chi connectivity index (χ0) is 18.9. The van der Waals surface area contributed by atoms with E-state index in [1.807, 2.05) is 18.2 Å². The molecule has 0 N–H and O–H groups in total. The lowest BCUT2D eigenvalue weighted by Crippen LogP contribution is -2.39. The van der Waals surface area contributed by atoms with E-state index in [2.05, 4.69) is 11.3 Å². The zero-order valence-electron chi connectivity index (χ0n) is 15.3. The standard InChI is InChI=1S/C17H27N2O5P/c1-6-14-18-25(22-7-2,23-8-3)24-16(17(4,5)19(20)21)15-12-10-9-11-13-15/h6,9-13,16H,1,7-8,14H2,2-5H3. The van der Waals surface area contributed by atoms with Crippen LogP contribution in [-0.4, -0.2) is 30.2 Å². The molecule has 0 amide bonds. The minimum absolute atomic E-state index is 0.272. The fourth-order valence-electron chi connectivity index (χ4n) is 2.15. The normalized spacial score (nSPS) is 13.3. The summed E-state index contributed by atoms with van der Waals surface area (Å²) in [5.41, 5.74) is -0.730. The third kappa shape index (κ3) is 5.75. The molecular weight excluding hydrogens is 343 g/mol. The van der Waals surface area contributed by atoms with Crippen LogP contribution in [0.4, 0.5) is 0 Å². The molecule has 0 radical (unpaired) electrons. The Labute approximate surface area is 149 Å². The van der Waals surface area contributed by atoms with E-state index in [1.54, 1.807) is 32.1 Å². The SMILES string of the molecule is C=CCN=P(OCC)(OCC)OC(c1ccccc1)C(C)(C)[N+](=O)[O-]. The van der Waals surface area contributed by atoms with Crippen LogP contribution in [0.2, 0.25) is 0 Å². The molecule has 25 heavy (non-hydrogen) atoms. The molecule has 0 saturated heterocycles. The van der Waals surface area contributed by atoms with Crippen LogP contribution in [0.1, 0.15) is 39.4 Å². The molecular formula is C17H27N2O5P. The Morgan fingerprint density at radius 2 is 1.84 bits per heavy atom. The fourth-order valence-corrected chi connectivity index (χ4v) is 4.19. The van der Waals surface area contributed by atoms with E-state index < -0.39 is 19.4 Å². The largest absolute Gasteiger partial charge is 0.356 e. The van der Waals surface area contributed by atoms with E-state index in [1.165, 1.54) is 13.8 Å². The van der Waals surface area contributed by atoms with Crippen molar-refractivity contribution in [3.05, 3.63) is 58.7 Å². The van der Waals surface area contributed by atoms with Gasteiger partial charge in [-0.15, -0.1) is 6.58 Å². The number of nitro groups is 1. The van der Waals surface area contributed by atoms with Crippen LogP contribution < -0.4 is 0 Å². The molecule has 1 rings (SSSR count). The fraction of sp³-hybridized carbons (Fsp3) is 0.529. The van der Waals surface area contributed by atoms with Crippen molar-refractivity contribution in [1.82, 2.24) is 0 Å². The highest BCUT2D eigenvalue weighted by Crippen LogP contribution is 2.58. The van der Waals surface area contributed by atoms with Crippen LogP contribution in [0.3, 0.4) is 0 Å². The molecule has 0 saturated carbocycles. The van der Waals surface area contributed by atoms with E-state index in [4.69, 9.17) is 13.6 Å². The topological polar surface area (TPSA) is 83.2 Å². The quantitative estimate of drug-likeness (QED) is 0.237. The predicted octanol–water partition coefficient (Wildman–Crippen LogP) is 5.00. The van der Waals surface area contributed by atoms with Gasteiger partial charge in [0, 0.05) is 18.8 Å². The van der Waals surface area contributed by atoms with E-state index in [-0.39, 0.29) is 11.5 Å². The van der Waals surface area contributed by atoms with Gasteiger partial charge in [-0.05, 0) is 19.4 Å². The van der Waals surface area contributed by atoms with Crippen LogP contribution in [0.5, 0.6) is 0 Å². The molecule has 0 bridgehead atoms. The molecule has 0 fully saturated rings. The second-order valence-corrected chi connectivity index (χ2v) is 7.67. The molecule has 0 aromatic heterocycles. The Morgan fingerprint density at radius 1 is 1.28 bits per heavy atom. The van der Waals surface area contributed by atoms with E-state index in [9.17, 15) is 10.1 Å². The molecule has 0 spiro atoms.